The summed E-state index contributed by atoms with van der Waals surface area (Å²) in [5.41, 5.74) is 3.05. The molecule has 172 valence electrons. The first kappa shape index (κ1) is 23.2. The van der Waals surface area contributed by atoms with E-state index >= 15 is 0 Å². The Morgan fingerprint density at radius 3 is 2.39 bits per heavy atom. The molecule has 0 saturated heterocycles. The summed E-state index contributed by atoms with van der Waals surface area (Å²) < 4.78 is 62.9. The first-order valence-corrected chi connectivity index (χ1v) is 13.2. The summed E-state index contributed by atoms with van der Waals surface area (Å²) >= 11 is -2.22. The minimum absolute atomic E-state index is 0.278. The Morgan fingerprint density at radius 1 is 1.06 bits per heavy atom. The molecular weight excluding hydrogens is 465 g/mol. The Hall–Kier alpha value is -2.92. The van der Waals surface area contributed by atoms with Crippen molar-refractivity contribution < 1.29 is 21.6 Å². The van der Waals surface area contributed by atoms with E-state index in [0.717, 1.165) is 28.3 Å². The van der Waals surface area contributed by atoms with Gasteiger partial charge >= 0.3 is 0 Å². The standard InChI is InChI=1S/C23H22FN3O4S2/c1-33(30,31)26-21(15-32(28)29)23(16-5-3-2-4-6-16)17-7-12-22-18(13-17)14-25-27(22)20-10-8-19(24)9-11-20/h2-14,21,23,26H,15H2,1H3,(H,28,29). The highest BCUT2D eigenvalue weighted by Crippen LogP contribution is 2.32. The lowest BCUT2D eigenvalue weighted by Crippen LogP contribution is -2.42. The Morgan fingerprint density at radius 2 is 1.76 bits per heavy atom. The van der Waals surface area contributed by atoms with Gasteiger partial charge in [0.15, 0.2) is 11.1 Å². The van der Waals surface area contributed by atoms with Crippen molar-refractivity contribution in [2.24, 2.45) is 0 Å². The van der Waals surface area contributed by atoms with Gasteiger partial charge in [0.1, 0.15) is 5.82 Å². The number of nitrogens with zero attached hydrogens (tertiary/aromatic N) is 2. The van der Waals surface area contributed by atoms with Gasteiger partial charge in [-0.3, -0.25) is 0 Å². The lowest BCUT2D eigenvalue weighted by Gasteiger charge is -2.27. The third-order valence-electron chi connectivity index (χ3n) is 5.27. The molecule has 0 aliphatic carbocycles. The molecule has 0 bridgehead atoms. The molecule has 2 N–H and O–H groups in total. The first-order chi connectivity index (χ1) is 15.7. The van der Waals surface area contributed by atoms with Gasteiger partial charge in [0.25, 0.3) is 0 Å². The summed E-state index contributed by atoms with van der Waals surface area (Å²) in [6.45, 7) is 0. The van der Waals surface area contributed by atoms with E-state index in [1.54, 1.807) is 23.0 Å². The number of nitrogens with one attached hydrogen (secondary N) is 1. The fraction of sp³-hybridized carbons (Fsp3) is 0.174. The minimum atomic E-state index is -3.65. The predicted molar refractivity (Wildman–Crippen MR) is 127 cm³/mol. The molecule has 0 saturated carbocycles. The van der Waals surface area contributed by atoms with Gasteiger partial charge in [0.05, 0.1) is 29.4 Å². The van der Waals surface area contributed by atoms with Crippen molar-refractivity contribution in [2.75, 3.05) is 12.0 Å². The van der Waals surface area contributed by atoms with Crippen LogP contribution in [-0.2, 0) is 21.1 Å². The molecule has 0 aliphatic heterocycles. The van der Waals surface area contributed by atoms with E-state index in [9.17, 15) is 21.6 Å². The van der Waals surface area contributed by atoms with Crippen molar-refractivity contribution in [3.05, 3.63) is 95.9 Å². The van der Waals surface area contributed by atoms with E-state index in [4.69, 9.17) is 0 Å². The van der Waals surface area contributed by atoms with Gasteiger partial charge in [-0.2, -0.15) is 5.10 Å². The Balaban J connectivity index is 1.82. The number of hydrogen-bond acceptors (Lipinski definition) is 4. The average molecular weight is 488 g/mol. The maximum absolute atomic E-state index is 13.3. The molecule has 1 aromatic heterocycles. The Labute approximate surface area is 193 Å². The summed E-state index contributed by atoms with van der Waals surface area (Å²) in [4.78, 5) is 0. The zero-order chi connectivity index (χ0) is 23.6. The molecule has 0 radical (unpaired) electrons. The number of halogens is 1. The van der Waals surface area contributed by atoms with Gasteiger partial charge in [-0.1, -0.05) is 36.4 Å². The van der Waals surface area contributed by atoms with Crippen LogP contribution in [0.5, 0.6) is 0 Å². The molecule has 1 heterocycles. The summed E-state index contributed by atoms with van der Waals surface area (Å²) in [7, 11) is -3.65. The van der Waals surface area contributed by atoms with Crippen molar-refractivity contribution in [1.29, 1.82) is 0 Å². The van der Waals surface area contributed by atoms with Crippen LogP contribution in [0.3, 0.4) is 0 Å². The molecule has 4 aromatic rings. The van der Waals surface area contributed by atoms with Crippen molar-refractivity contribution in [3.63, 3.8) is 0 Å². The van der Waals surface area contributed by atoms with Crippen LogP contribution in [0.1, 0.15) is 17.0 Å². The van der Waals surface area contributed by atoms with Gasteiger partial charge in [0.2, 0.25) is 10.0 Å². The maximum atomic E-state index is 13.3. The highest BCUT2D eigenvalue weighted by Gasteiger charge is 2.29. The fourth-order valence-corrected chi connectivity index (χ4v) is 5.44. The average Bonchev–Trinajstić information content (AvgIpc) is 3.17. The third kappa shape index (κ3) is 5.53. The zero-order valence-corrected chi connectivity index (χ0v) is 19.3. The van der Waals surface area contributed by atoms with Crippen molar-refractivity contribution in [1.82, 2.24) is 14.5 Å². The molecule has 0 amide bonds. The lowest BCUT2D eigenvalue weighted by atomic mass is 9.85. The highest BCUT2D eigenvalue weighted by atomic mass is 32.2. The van der Waals surface area contributed by atoms with Crippen LogP contribution < -0.4 is 4.72 Å². The Kier molecular flexibility index (Phi) is 6.71. The highest BCUT2D eigenvalue weighted by molar-refractivity contribution is 7.88. The Bertz CT molecular complexity index is 1390. The van der Waals surface area contributed by atoms with E-state index in [2.05, 4.69) is 9.82 Å². The van der Waals surface area contributed by atoms with Crippen molar-refractivity contribution in [2.45, 2.75) is 12.0 Å². The maximum Gasteiger partial charge on any atom is 0.209 e. The van der Waals surface area contributed by atoms with Crippen LogP contribution in [0.15, 0.2) is 79.0 Å². The third-order valence-corrected chi connectivity index (χ3v) is 6.65. The van der Waals surface area contributed by atoms with Crippen LogP contribution in [0.25, 0.3) is 16.6 Å². The molecular formula is C23H22FN3O4S2. The minimum Gasteiger partial charge on any atom is -0.306 e. The summed E-state index contributed by atoms with van der Waals surface area (Å²) in [6.07, 6.45) is 2.70. The number of hydrogen-bond donors (Lipinski definition) is 2. The van der Waals surface area contributed by atoms with Crippen molar-refractivity contribution >= 4 is 32.0 Å². The van der Waals surface area contributed by atoms with Gasteiger partial charge in [-0.15, -0.1) is 0 Å². The first-order valence-electron chi connectivity index (χ1n) is 10.0. The molecule has 3 atom stereocenters. The summed E-state index contributed by atoms with van der Waals surface area (Å²) in [5, 5.41) is 5.21. The molecule has 3 unspecified atom stereocenters. The molecule has 0 aliphatic rings. The molecule has 4 rings (SSSR count). The van der Waals surface area contributed by atoms with E-state index in [1.807, 2.05) is 48.5 Å². The molecule has 10 heteroatoms. The second kappa shape index (κ2) is 9.52. The fourth-order valence-electron chi connectivity index (χ4n) is 3.98. The lowest BCUT2D eigenvalue weighted by molar-refractivity contribution is 0.522. The topological polar surface area (TPSA) is 101 Å². The smallest absolute Gasteiger partial charge is 0.209 e. The number of fused-ring (bicyclic) bond motifs is 1. The number of benzene rings is 3. The summed E-state index contributed by atoms with van der Waals surface area (Å²) in [6, 6.07) is 19.9. The second-order valence-corrected chi connectivity index (χ2v) is 10.5. The normalized spacial score (nSPS) is 14.8. The van der Waals surface area contributed by atoms with Gasteiger partial charge in [-0.05, 0) is 47.5 Å². The van der Waals surface area contributed by atoms with Gasteiger partial charge in [0, 0.05) is 17.3 Å². The van der Waals surface area contributed by atoms with Gasteiger partial charge < -0.3 is 4.55 Å². The number of aromatic nitrogens is 2. The van der Waals surface area contributed by atoms with Crippen molar-refractivity contribution in [3.8, 4) is 5.69 Å². The van der Waals surface area contributed by atoms with Crippen LogP contribution in [0, 0.1) is 5.82 Å². The molecule has 0 fully saturated rings. The van der Waals surface area contributed by atoms with Crippen LogP contribution in [0.2, 0.25) is 0 Å². The molecule has 0 spiro atoms. The van der Waals surface area contributed by atoms with Crippen LogP contribution in [0.4, 0.5) is 4.39 Å². The molecule has 3 aromatic carbocycles. The molecule has 33 heavy (non-hydrogen) atoms. The zero-order valence-electron chi connectivity index (χ0n) is 17.6. The predicted octanol–water partition coefficient (Wildman–Crippen LogP) is 3.44. The summed E-state index contributed by atoms with van der Waals surface area (Å²) in [5.74, 6) is -1.14. The largest absolute Gasteiger partial charge is 0.306 e. The quantitative estimate of drug-likeness (QED) is 0.371. The van der Waals surface area contributed by atoms with Crippen LogP contribution >= 0.6 is 0 Å². The van der Waals surface area contributed by atoms with E-state index in [-0.39, 0.29) is 11.6 Å². The SMILES string of the molecule is CS(=O)(=O)NC(CS(=O)O)C(c1ccccc1)c1ccc2c(cnn2-c2ccc(F)cc2)c1. The number of rotatable bonds is 8. The monoisotopic (exact) mass is 487 g/mol. The molecule has 7 nitrogen and oxygen atoms in total. The van der Waals surface area contributed by atoms with E-state index in [0.29, 0.717) is 5.69 Å². The second-order valence-electron chi connectivity index (χ2n) is 7.72. The van der Waals surface area contributed by atoms with Crippen LogP contribution in [-0.4, -0.2) is 45.0 Å². The van der Waals surface area contributed by atoms with E-state index < -0.39 is 33.1 Å². The number of sulfonamides is 1. The van der Waals surface area contributed by atoms with E-state index in [1.165, 1.54) is 12.1 Å². The van der Waals surface area contributed by atoms with Gasteiger partial charge in [-0.25, -0.2) is 26.4 Å².